The van der Waals surface area contributed by atoms with Crippen molar-refractivity contribution in [3.63, 3.8) is 0 Å². The molecule has 0 aromatic heterocycles. The predicted molar refractivity (Wildman–Crippen MR) is 64.0 cm³/mol. The molecule has 0 saturated heterocycles. The number of aryl methyl sites for hydroxylation is 1. The highest BCUT2D eigenvalue weighted by molar-refractivity contribution is 6.00. The number of fused-ring (bicyclic) bond motifs is 1. The summed E-state index contributed by atoms with van der Waals surface area (Å²) >= 11 is 0. The predicted octanol–water partition coefficient (Wildman–Crippen LogP) is 3.16. The number of ketones is 1. The molecule has 1 aliphatic rings. The second-order valence-electron chi connectivity index (χ2n) is 4.30. The Labute approximate surface area is 95.9 Å². The van der Waals surface area contributed by atoms with Gasteiger partial charge in [-0.2, -0.15) is 0 Å². The molecule has 1 aromatic carbocycles. The second-order valence-corrected chi connectivity index (χ2v) is 4.30. The first-order valence-electron chi connectivity index (χ1n) is 5.60. The topological polar surface area (TPSA) is 26.3 Å². The van der Waals surface area contributed by atoms with Crippen LogP contribution in [0.1, 0.15) is 35.7 Å². The number of benzene rings is 1. The van der Waals surface area contributed by atoms with Gasteiger partial charge in [-0.25, -0.2) is 0 Å². The van der Waals surface area contributed by atoms with Gasteiger partial charge in [0.15, 0.2) is 5.78 Å². The highest BCUT2D eigenvalue weighted by atomic mass is 16.5. The summed E-state index contributed by atoms with van der Waals surface area (Å²) in [5.41, 5.74) is 3.11. The quantitative estimate of drug-likeness (QED) is 0.723. The number of hydrogen-bond donors (Lipinski definition) is 0. The number of ether oxygens (including phenoxy) is 1. The maximum Gasteiger partial charge on any atom is 0.163 e. The highest BCUT2D eigenvalue weighted by Gasteiger charge is 2.19. The summed E-state index contributed by atoms with van der Waals surface area (Å²) in [5, 5.41) is 0. The van der Waals surface area contributed by atoms with Crippen molar-refractivity contribution in [2.75, 3.05) is 6.61 Å². The first kappa shape index (κ1) is 10.9. The standard InChI is InChI=1S/C14H16O2/c1-10(2)7-8-16-12-4-5-13-11(9-12)3-6-14(13)15/h4-5,9H,1,3,6-8H2,2H3. The maximum absolute atomic E-state index is 11.4. The Bertz CT molecular complexity index is 432. The van der Waals surface area contributed by atoms with Crippen molar-refractivity contribution < 1.29 is 9.53 Å². The lowest BCUT2D eigenvalue weighted by Crippen LogP contribution is -1.98. The molecule has 2 nitrogen and oxygen atoms in total. The number of rotatable bonds is 4. The summed E-state index contributed by atoms with van der Waals surface area (Å²) in [6.07, 6.45) is 2.37. The fourth-order valence-electron chi connectivity index (χ4n) is 1.86. The molecule has 2 rings (SSSR count). The van der Waals surface area contributed by atoms with E-state index < -0.39 is 0 Å². The third-order valence-corrected chi connectivity index (χ3v) is 2.80. The second kappa shape index (κ2) is 4.52. The van der Waals surface area contributed by atoms with Crippen LogP contribution in [0.25, 0.3) is 0 Å². The molecular formula is C14H16O2. The first-order chi connectivity index (χ1) is 7.66. The van der Waals surface area contributed by atoms with E-state index >= 15 is 0 Å². The summed E-state index contributed by atoms with van der Waals surface area (Å²) in [6, 6.07) is 5.74. The molecule has 0 aliphatic heterocycles. The van der Waals surface area contributed by atoms with E-state index in [1.54, 1.807) is 0 Å². The van der Waals surface area contributed by atoms with Crippen molar-refractivity contribution in [2.24, 2.45) is 0 Å². The van der Waals surface area contributed by atoms with Gasteiger partial charge in [-0.15, -0.1) is 6.58 Å². The molecule has 0 fully saturated rings. The van der Waals surface area contributed by atoms with Crippen LogP contribution in [0.4, 0.5) is 0 Å². The maximum atomic E-state index is 11.4. The highest BCUT2D eigenvalue weighted by Crippen LogP contribution is 2.26. The Morgan fingerprint density at radius 3 is 3.00 bits per heavy atom. The summed E-state index contributed by atoms with van der Waals surface area (Å²) in [6.45, 7) is 6.48. The summed E-state index contributed by atoms with van der Waals surface area (Å²) < 4.78 is 5.61. The molecule has 0 unspecified atom stereocenters. The lowest BCUT2D eigenvalue weighted by atomic mass is 10.1. The summed E-state index contributed by atoms with van der Waals surface area (Å²) in [4.78, 5) is 11.4. The minimum absolute atomic E-state index is 0.253. The van der Waals surface area contributed by atoms with Crippen molar-refractivity contribution in [3.8, 4) is 5.75 Å². The molecule has 0 bridgehead atoms. The minimum atomic E-state index is 0.253. The van der Waals surface area contributed by atoms with Gasteiger partial charge in [0.1, 0.15) is 5.75 Å². The van der Waals surface area contributed by atoms with Gasteiger partial charge in [-0.3, -0.25) is 4.79 Å². The lowest BCUT2D eigenvalue weighted by Gasteiger charge is -2.07. The van der Waals surface area contributed by atoms with Crippen LogP contribution in [0, 0.1) is 0 Å². The van der Waals surface area contributed by atoms with Gasteiger partial charge in [-0.05, 0) is 37.1 Å². The average molecular weight is 216 g/mol. The van der Waals surface area contributed by atoms with Gasteiger partial charge in [-0.1, -0.05) is 5.57 Å². The Morgan fingerprint density at radius 1 is 1.44 bits per heavy atom. The Morgan fingerprint density at radius 2 is 2.25 bits per heavy atom. The van der Waals surface area contributed by atoms with Gasteiger partial charge in [0.25, 0.3) is 0 Å². The first-order valence-corrected chi connectivity index (χ1v) is 5.60. The van der Waals surface area contributed by atoms with Crippen LogP contribution >= 0.6 is 0 Å². The van der Waals surface area contributed by atoms with E-state index in [9.17, 15) is 4.79 Å². The molecule has 1 aromatic rings. The number of carbonyl (C=O) groups is 1. The monoisotopic (exact) mass is 216 g/mol. The van der Waals surface area contributed by atoms with E-state index in [2.05, 4.69) is 6.58 Å². The zero-order valence-corrected chi connectivity index (χ0v) is 9.58. The molecule has 0 N–H and O–H groups in total. The van der Waals surface area contributed by atoms with E-state index in [-0.39, 0.29) is 5.78 Å². The lowest BCUT2D eigenvalue weighted by molar-refractivity contribution is 0.0994. The van der Waals surface area contributed by atoms with Crippen LogP contribution < -0.4 is 4.74 Å². The van der Waals surface area contributed by atoms with E-state index in [1.165, 1.54) is 0 Å². The fraction of sp³-hybridized carbons (Fsp3) is 0.357. The third-order valence-electron chi connectivity index (χ3n) is 2.80. The van der Waals surface area contributed by atoms with Crippen LogP contribution in [0.3, 0.4) is 0 Å². The molecule has 84 valence electrons. The number of carbonyl (C=O) groups excluding carboxylic acids is 1. The molecule has 16 heavy (non-hydrogen) atoms. The van der Waals surface area contributed by atoms with E-state index in [1.807, 2.05) is 25.1 Å². The molecule has 0 amide bonds. The Hall–Kier alpha value is -1.57. The van der Waals surface area contributed by atoms with Crippen LogP contribution in [-0.4, -0.2) is 12.4 Å². The van der Waals surface area contributed by atoms with Crippen molar-refractivity contribution in [2.45, 2.75) is 26.2 Å². The molecule has 0 saturated carbocycles. The normalized spacial score (nSPS) is 13.7. The van der Waals surface area contributed by atoms with Crippen LogP contribution in [0.15, 0.2) is 30.4 Å². The van der Waals surface area contributed by atoms with Gasteiger partial charge in [0, 0.05) is 18.4 Å². The van der Waals surface area contributed by atoms with Crippen molar-refractivity contribution in [3.05, 3.63) is 41.5 Å². The Balaban J connectivity index is 2.02. The molecule has 0 atom stereocenters. The van der Waals surface area contributed by atoms with Crippen LogP contribution in [0.5, 0.6) is 5.75 Å². The van der Waals surface area contributed by atoms with Gasteiger partial charge in [0.05, 0.1) is 6.61 Å². The van der Waals surface area contributed by atoms with E-state index in [4.69, 9.17) is 4.74 Å². The zero-order valence-electron chi connectivity index (χ0n) is 9.58. The molecular weight excluding hydrogens is 200 g/mol. The zero-order chi connectivity index (χ0) is 11.5. The fourth-order valence-corrected chi connectivity index (χ4v) is 1.86. The summed E-state index contributed by atoms with van der Waals surface area (Å²) in [5.74, 6) is 1.11. The smallest absolute Gasteiger partial charge is 0.163 e. The van der Waals surface area contributed by atoms with E-state index in [0.717, 1.165) is 35.3 Å². The molecule has 0 spiro atoms. The third kappa shape index (κ3) is 2.32. The number of hydrogen-bond acceptors (Lipinski definition) is 2. The Kier molecular flexibility index (Phi) is 3.09. The molecule has 0 radical (unpaired) electrons. The largest absolute Gasteiger partial charge is 0.493 e. The average Bonchev–Trinajstić information content (AvgIpc) is 2.60. The molecule has 1 aliphatic carbocycles. The molecule has 0 heterocycles. The van der Waals surface area contributed by atoms with Crippen molar-refractivity contribution in [1.29, 1.82) is 0 Å². The molecule has 2 heteroatoms. The van der Waals surface area contributed by atoms with Crippen LogP contribution in [-0.2, 0) is 6.42 Å². The van der Waals surface area contributed by atoms with Gasteiger partial charge >= 0.3 is 0 Å². The SMILES string of the molecule is C=C(C)CCOc1ccc2c(c1)CCC2=O. The number of Topliss-reactive ketones (excluding diaryl/α,β-unsaturated/α-hetero) is 1. The summed E-state index contributed by atoms with van der Waals surface area (Å²) in [7, 11) is 0. The van der Waals surface area contributed by atoms with E-state index in [0.29, 0.717) is 13.0 Å². The van der Waals surface area contributed by atoms with Gasteiger partial charge < -0.3 is 4.74 Å². The van der Waals surface area contributed by atoms with Gasteiger partial charge in [0.2, 0.25) is 0 Å². The minimum Gasteiger partial charge on any atom is -0.493 e. The van der Waals surface area contributed by atoms with Crippen molar-refractivity contribution >= 4 is 5.78 Å². The van der Waals surface area contributed by atoms with Crippen molar-refractivity contribution in [1.82, 2.24) is 0 Å². The van der Waals surface area contributed by atoms with Crippen LogP contribution in [0.2, 0.25) is 0 Å².